The maximum absolute atomic E-state index is 13.6. The van der Waals surface area contributed by atoms with Gasteiger partial charge in [-0.3, -0.25) is 14.6 Å². The van der Waals surface area contributed by atoms with E-state index < -0.39 is 17.7 Å². The van der Waals surface area contributed by atoms with Gasteiger partial charge in [0.1, 0.15) is 0 Å². The van der Waals surface area contributed by atoms with Crippen molar-refractivity contribution >= 4 is 11.8 Å². The standard InChI is InChI=1S/C24H25F2N5O3/c25-20-5-4-18(15-21(20)26)22-6-7-23(32)31(28-22)16-17-2-1-3-19(14-17)30(24(33)34)13-12-29-10-8-27-9-11-29/h1-7,14-15,27H,8-13,16H2,(H,33,34). The number of hydrogen-bond acceptors (Lipinski definition) is 5. The normalized spacial score (nSPS) is 14.2. The molecule has 1 aliphatic rings. The molecular weight excluding hydrogens is 444 g/mol. The third kappa shape index (κ3) is 5.64. The molecule has 0 radical (unpaired) electrons. The predicted octanol–water partition coefficient (Wildman–Crippen LogP) is 2.63. The zero-order chi connectivity index (χ0) is 24.1. The molecule has 10 heteroatoms. The second kappa shape index (κ2) is 10.5. The van der Waals surface area contributed by atoms with Crippen molar-refractivity contribution in [1.29, 1.82) is 0 Å². The summed E-state index contributed by atoms with van der Waals surface area (Å²) in [5.74, 6) is -1.96. The Labute approximate surface area is 195 Å². The van der Waals surface area contributed by atoms with E-state index in [1.807, 2.05) is 0 Å². The number of carboxylic acid groups (broad SMARTS) is 1. The van der Waals surface area contributed by atoms with Gasteiger partial charge in [-0.15, -0.1) is 0 Å². The van der Waals surface area contributed by atoms with Crippen LogP contribution in [0.25, 0.3) is 11.3 Å². The van der Waals surface area contributed by atoms with Gasteiger partial charge in [-0.25, -0.2) is 18.3 Å². The van der Waals surface area contributed by atoms with Crippen LogP contribution in [0.5, 0.6) is 0 Å². The highest BCUT2D eigenvalue weighted by Gasteiger charge is 2.18. The zero-order valence-corrected chi connectivity index (χ0v) is 18.5. The van der Waals surface area contributed by atoms with Gasteiger partial charge in [-0.05, 0) is 42.0 Å². The number of rotatable bonds is 7. The first-order valence-corrected chi connectivity index (χ1v) is 11.0. The Morgan fingerprint density at radius 2 is 1.85 bits per heavy atom. The molecule has 0 aliphatic carbocycles. The molecule has 3 aromatic rings. The maximum Gasteiger partial charge on any atom is 0.411 e. The van der Waals surface area contributed by atoms with E-state index in [9.17, 15) is 23.5 Å². The van der Waals surface area contributed by atoms with E-state index in [2.05, 4.69) is 15.3 Å². The number of nitrogens with one attached hydrogen (secondary N) is 1. The molecule has 2 aromatic carbocycles. The zero-order valence-electron chi connectivity index (χ0n) is 18.5. The van der Waals surface area contributed by atoms with Crippen LogP contribution >= 0.6 is 0 Å². The molecule has 0 unspecified atom stereocenters. The molecule has 0 saturated carbocycles. The average Bonchev–Trinajstić information content (AvgIpc) is 2.83. The van der Waals surface area contributed by atoms with Crippen molar-refractivity contribution in [2.75, 3.05) is 44.2 Å². The summed E-state index contributed by atoms with van der Waals surface area (Å²) in [4.78, 5) is 27.8. The van der Waals surface area contributed by atoms with Crippen molar-refractivity contribution in [3.05, 3.63) is 82.1 Å². The van der Waals surface area contributed by atoms with Crippen LogP contribution in [0.2, 0.25) is 0 Å². The lowest BCUT2D eigenvalue weighted by molar-refractivity contribution is 0.198. The van der Waals surface area contributed by atoms with Crippen LogP contribution in [-0.2, 0) is 6.54 Å². The Kier molecular flexibility index (Phi) is 7.29. The summed E-state index contributed by atoms with van der Waals surface area (Å²) in [5, 5.41) is 17.3. The fourth-order valence-electron chi connectivity index (χ4n) is 3.88. The molecule has 34 heavy (non-hydrogen) atoms. The highest BCUT2D eigenvalue weighted by molar-refractivity contribution is 5.86. The lowest BCUT2D eigenvalue weighted by Gasteiger charge is -2.29. The van der Waals surface area contributed by atoms with Gasteiger partial charge in [0.2, 0.25) is 0 Å². The molecule has 0 spiro atoms. The summed E-state index contributed by atoms with van der Waals surface area (Å²) in [5.41, 5.74) is 1.47. The predicted molar refractivity (Wildman–Crippen MR) is 124 cm³/mol. The van der Waals surface area contributed by atoms with E-state index in [0.29, 0.717) is 35.6 Å². The number of aromatic nitrogens is 2. The van der Waals surface area contributed by atoms with Crippen LogP contribution in [0, 0.1) is 11.6 Å². The minimum atomic E-state index is -1.05. The highest BCUT2D eigenvalue weighted by atomic mass is 19.2. The number of anilines is 1. The van der Waals surface area contributed by atoms with Crippen molar-refractivity contribution in [2.24, 2.45) is 0 Å². The van der Waals surface area contributed by atoms with Gasteiger partial charge in [0, 0.05) is 56.6 Å². The quantitative estimate of drug-likeness (QED) is 0.553. The fourth-order valence-corrected chi connectivity index (χ4v) is 3.88. The maximum atomic E-state index is 13.6. The molecule has 0 atom stereocenters. The van der Waals surface area contributed by atoms with Crippen molar-refractivity contribution in [2.45, 2.75) is 6.54 Å². The Morgan fingerprint density at radius 3 is 2.59 bits per heavy atom. The lowest BCUT2D eigenvalue weighted by Crippen LogP contribution is -2.47. The average molecular weight is 469 g/mol. The Morgan fingerprint density at radius 1 is 1.06 bits per heavy atom. The third-order valence-electron chi connectivity index (χ3n) is 5.72. The van der Waals surface area contributed by atoms with Crippen LogP contribution in [0.3, 0.4) is 0 Å². The lowest BCUT2D eigenvalue weighted by atomic mass is 10.1. The summed E-state index contributed by atoms with van der Waals surface area (Å²) >= 11 is 0. The molecule has 1 aromatic heterocycles. The number of halogens is 2. The van der Waals surface area contributed by atoms with Crippen molar-refractivity contribution in [3.63, 3.8) is 0 Å². The van der Waals surface area contributed by atoms with Crippen LogP contribution in [0.1, 0.15) is 5.56 Å². The third-order valence-corrected chi connectivity index (χ3v) is 5.72. The second-order valence-electron chi connectivity index (χ2n) is 8.04. The molecule has 178 valence electrons. The van der Waals surface area contributed by atoms with E-state index in [1.165, 1.54) is 27.8 Å². The van der Waals surface area contributed by atoms with Crippen molar-refractivity contribution in [3.8, 4) is 11.3 Å². The van der Waals surface area contributed by atoms with Crippen molar-refractivity contribution in [1.82, 2.24) is 20.0 Å². The van der Waals surface area contributed by atoms with E-state index in [0.717, 1.165) is 38.3 Å². The molecule has 1 fully saturated rings. The first-order chi connectivity index (χ1) is 16.4. The summed E-state index contributed by atoms with van der Waals surface area (Å²) in [7, 11) is 0. The van der Waals surface area contributed by atoms with Gasteiger partial charge < -0.3 is 10.4 Å². The molecule has 1 saturated heterocycles. The van der Waals surface area contributed by atoms with Gasteiger partial charge in [-0.2, -0.15) is 5.10 Å². The van der Waals surface area contributed by atoms with Crippen LogP contribution in [0.4, 0.5) is 19.3 Å². The highest BCUT2D eigenvalue weighted by Crippen LogP contribution is 2.20. The summed E-state index contributed by atoms with van der Waals surface area (Å²) in [6.07, 6.45) is -1.05. The number of nitrogens with zero attached hydrogens (tertiary/aromatic N) is 4. The smallest absolute Gasteiger partial charge is 0.411 e. The van der Waals surface area contributed by atoms with E-state index >= 15 is 0 Å². The van der Waals surface area contributed by atoms with Crippen LogP contribution < -0.4 is 15.8 Å². The fraction of sp³-hybridized carbons (Fsp3) is 0.292. The van der Waals surface area contributed by atoms with Gasteiger partial charge in [-0.1, -0.05) is 12.1 Å². The molecule has 4 rings (SSSR count). The molecule has 2 heterocycles. The number of piperazine rings is 1. The first-order valence-electron chi connectivity index (χ1n) is 11.0. The Hall–Kier alpha value is -3.63. The number of benzene rings is 2. The molecule has 0 bridgehead atoms. The van der Waals surface area contributed by atoms with E-state index in [1.54, 1.807) is 24.3 Å². The molecule has 8 nitrogen and oxygen atoms in total. The minimum Gasteiger partial charge on any atom is -0.465 e. The second-order valence-corrected chi connectivity index (χ2v) is 8.04. The summed E-state index contributed by atoms with van der Waals surface area (Å²) in [6, 6.07) is 13.1. The van der Waals surface area contributed by atoms with Gasteiger partial charge in [0.15, 0.2) is 11.6 Å². The topological polar surface area (TPSA) is 90.7 Å². The van der Waals surface area contributed by atoms with Crippen LogP contribution in [-0.4, -0.2) is 65.1 Å². The number of hydrogen-bond donors (Lipinski definition) is 2. The van der Waals surface area contributed by atoms with Crippen molar-refractivity contribution < 1.29 is 18.7 Å². The van der Waals surface area contributed by atoms with E-state index in [4.69, 9.17) is 0 Å². The minimum absolute atomic E-state index is 0.0927. The van der Waals surface area contributed by atoms with Gasteiger partial charge in [0.25, 0.3) is 5.56 Å². The van der Waals surface area contributed by atoms with E-state index in [-0.39, 0.29) is 12.1 Å². The first kappa shape index (κ1) is 23.5. The summed E-state index contributed by atoms with van der Waals surface area (Å²) < 4.78 is 28.1. The largest absolute Gasteiger partial charge is 0.465 e. The number of carbonyl (C=O) groups is 1. The number of amides is 1. The Balaban J connectivity index is 1.53. The summed E-state index contributed by atoms with van der Waals surface area (Å²) in [6.45, 7) is 4.54. The molecule has 2 N–H and O–H groups in total. The molecule has 1 aliphatic heterocycles. The van der Waals surface area contributed by atoms with Gasteiger partial charge >= 0.3 is 6.09 Å². The molecular formula is C24H25F2N5O3. The monoisotopic (exact) mass is 469 g/mol. The van der Waals surface area contributed by atoms with Crippen LogP contribution in [0.15, 0.2) is 59.4 Å². The molecule has 1 amide bonds. The Bertz CT molecular complexity index is 1230. The van der Waals surface area contributed by atoms with Gasteiger partial charge in [0.05, 0.1) is 12.2 Å². The SMILES string of the molecule is O=C(O)N(CCN1CCNCC1)c1cccc(Cn2nc(-c3ccc(F)c(F)c3)ccc2=O)c1.